The highest BCUT2D eigenvalue weighted by atomic mass is 16.5. The van der Waals surface area contributed by atoms with Gasteiger partial charge in [-0.15, -0.1) is 0 Å². The summed E-state index contributed by atoms with van der Waals surface area (Å²) in [5.41, 5.74) is 2.48. The molecule has 1 saturated heterocycles. The van der Waals surface area contributed by atoms with E-state index >= 15 is 0 Å². The van der Waals surface area contributed by atoms with Crippen molar-refractivity contribution in [1.82, 2.24) is 5.43 Å². The summed E-state index contributed by atoms with van der Waals surface area (Å²) >= 11 is 0. The first-order valence-corrected chi connectivity index (χ1v) is 4.39. The van der Waals surface area contributed by atoms with Gasteiger partial charge in [-0.2, -0.15) is 0 Å². The number of ether oxygens (including phenoxy) is 2. The van der Waals surface area contributed by atoms with Crippen LogP contribution in [0.2, 0.25) is 0 Å². The van der Waals surface area contributed by atoms with Gasteiger partial charge in [-0.25, -0.2) is 0 Å². The quantitative estimate of drug-likeness (QED) is 0.466. The van der Waals surface area contributed by atoms with Crippen molar-refractivity contribution in [2.75, 3.05) is 26.9 Å². The number of hydrogen-bond donors (Lipinski definition) is 2. The monoisotopic (exact) mass is 174 g/mol. The first kappa shape index (κ1) is 9.92. The van der Waals surface area contributed by atoms with Gasteiger partial charge in [0.15, 0.2) is 0 Å². The highest BCUT2D eigenvalue weighted by molar-refractivity contribution is 4.84. The first-order chi connectivity index (χ1) is 5.83. The van der Waals surface area contributed by atoms with E-state index in [1.807, 2.05) is 0 Å². The van der Waals surface area contributed by atoms with E-state index in [0.29, 0.717) is 13.2 Å². The maximum atomic E-state index is 5.68. The van der Waals surface area contributed by atoms with Crippen molar-refractivity contribution in [3.05, 3.63) is 0 Å². The van der Waals surface area contributed by atoms with Crippen LogP contribution in [0.25, 0.3) is 0 Å². The summed E-state index contributed by atoms with van der Waals surface area (Å²) in [6.45, 7) is 2.11. The molecule has 0 aliphatic carbocycles. The SMILES string of the molecule is COCC1(CNN)CCCCO1. The molecule has 12 heavy (non-hydrogen) atoms. The molecule has 0 amide bonds. The van der Waals surface area contributed by atoms with Gasteiger partial charge in [0.2, 0.25) is 0 Å². The summed E-state index contributed by atoms with van der Waals surface area (Å²) in [7, 11) is 1.69. The van der Waals surface area contributed by atoms with E-state index in [1.54, 1.807) is 7.11 Å². The molecular formula is C8H18N2O2. The van der Waals surface area contributed by atoms with Crippen molar-refractivity contribution >= 4 is 0 Å². The van der Waals surface area contributed by atoms with Crippen molar-refractivity contribution < 1.29 is 9.47 Å². The minimum atomic E-state index is -0.179. The molecule has 1 aliphatic rings. The zero-order chi connectivity index (χ0) is 8.86. The Morgan fingerprint density at radius 3 is 2.92 bits per heavy atom. The van der Waals surface area contributed by atoms with Crippen LogP contribution in [0.15, 0.2) is 0 Å². The fourth-order valence-electron chi connectivity index (χ4n) is 1.66. The smallest absolute Gasteiger partial charge is 0.105 e. The van der Waals surface area contributed by atoms with Crippen molar-refractivity contribution in [3.63, 3.8) is 0 Å². The molecule has 0 aromatic heterocycles. The molecule has 0 saturated carbocycles. The largest absolute Gasteiger partial charge is 0.382 e. The van der Waals surface area contributed by atoms with E-state index in [-0.39, 0.29) is 5.60 Å². The third-order valence-corrected chi connectivity index (χ3v) is 2.27. The highest BCUT2D eigenvalue weighted by Gasteiger charge is 2.32. The lowest BCUT2D eigenvalue weighted by molar-refractivity contribution is -0.113. The molecule has 4 nitrogen and oxygen atoms in total. The Kier molecular flexibility index (Phi) is 3.94. The highest BCUT2D eigenvalue weighted by Crippen LogP contribution is 2.24. The van der Waals surface area contributed by atoms with Gasteiger partial charge in [-0.3, -0.25) is 11.3 Å². The molecule has 0 spiro atoms. The van der Waals surface area contributed by atoms with Gasteiger partial charge in [0, 0.05) is 20.3 Å². The Balaban J connectivity index is 2.44. The second-order valence-corrected chi connectivity index (χ2v) is 3.30. The van der Waals surface area contributed by atoms with Crippen LogP contribution in [0.1, 0.15) is 19.3 Å². The zero-order valence-electron chi connectivity index (χ0n) is 7.64. The number of hydrogen-bond acceptors (Lipinski definition) is 4. The molecule has 3 N–H and O–H groups in total. The second kappa shape index (κ2) is 4.77. The number of nitrogens with one attached hydrogen (secondary N) is 1. The zero-order valence-corrected chi connectivity index (χ0v) is 7.64. The fraction of sp³-hybridized carbons (Fsp3) is 1.00. The van der Waals surface area contributed by atoms with E-state index in [0.717, 1.165) is 19.4 Å². The molecule has 0 aromatic rings. The Morgan fingerprint density at radius 1 is 1.58 bits per heavy atom. The van der Waals surface area contributed by atoms with Crippen LogP contribution in [0, 0.1) is 0 Å². The average Bonchev–Trinajstić information content (AvgIpc) is 2.07. The minimum absolute atomic E-state index is 0.179. The number of rotatable bonds is 4. The third kappa shape index (κ3) is 2.42. The van der Waals surface area contributed by atoms with Crippen LogP contribution in [0.3, 0.4) is 0 Å². The van der Waals surface area contributed by atoms with E-state index in [9.17, 15) is 0 Å². The van der Waals surface area contributed by atoms with Crippen LogP contribution in [0.5, 0.6) is 0 Å². The van der Waals surface area contributed by atoms with Crippen LogP contribution in [-0.2, 0) is 9.47 Å². The van der Waals surface area contributed by atoms with Crippen molar-refractivity contribution in [2.24, 2.45) is 5.84 Å². The lowest BCUT2D eigenvalue weighted by atomic mass is 9.95. The summed E-state index contributed by atoms with van der Waals surface area (Å²) < 4.78 is 10.8. The van der Waals surface area contributed by atoms with Gasteiger partial charge in [-0.1, -0.05) is 0 Å². The molecule has 1 rings (SSSR count). The summed E-state index contributed by atoms with van der Waals surface area (Å²) in [4.78, 5) is 0. The Hall–Kier alpha value is -0.160. The standard InChI is InChI=1S/C8H18N2O2/c1-11-7-8(6-10-9)4-2-3-5-12-8/h10H,2-7,9H2,1H3. The molecule has 1 unspecified atom stereocenters. The second-order valence-electron chi connectivity index (χ2n) is 3.30. The maximum absolute atomic E-state index is 5.68. The van der Waals surface area contributed by atoms with Gasteiger partial charge in [-0.05, 0) is 19.3 Å². The normalized spacial score (nSPS) is 30.5. The number of hydrazine groups is 1. The van der Waals surface area contributed by atoms with Crippen LogP contribution < -0.4 is 11.3 Å². The Labute approximate surface area is 73.4 Å². The van der Waals surface area contributed by atoms with Crippen molar-refractivity contribution in [3.8, 4) is 0 Å². The molecular weight excluding hydrogens is 156 g/mol. The van der Waals surface area contributed by atoms with E-state index in [2.05, 4.69) is 5.43 Å². The van der Waals surface area contributed by atoms with Gasteiger partial charge in [0.25, 0.3) is 0 Å². The van der Waals surface area contributed by atoms with Gasteiger partial charge < -0.3 is 9.47 Å². The topological polar surface area (TPSA) is 56.5 Å². The lowest BCUT2D eigenvalue weighted by Crippen LogP contribution is -2.50. The minimum Gasteiger partial charge on any atom is -0.382 e. The maximum Gasteiger partial charge on any atom is 0.105 e. The molecule has 1 aliphatic heterocycles. The molecule has 4 heteroatoms. The predicted molar refractivity (Wildman–Crippen MR) is 46.6 cm³/mol. The Bertz CT molecular complexity index is 109. The molecule has 1 fully saturated rings. The molecule has 0 bridgehead atoms. The molecule has 72 valence electrons. The lowest BCUT2D eigenvalue weighted by Gasteiger charge is -2.36. The van der Waals surface area contributed by atoms with Crippen molar-refractivity contribution in [1.29, 1.82) is 0 Å². The van der Waals surface area contributed by atoms with Gasteiger partial charge in [0.1, 0.15) is 5.60 Å². The summed E-state index contributed by atoms with van der Waals surface area (Å²) in [5, 5.41) is 0. The van der Waals surface area contributed by atoms with Gasteiger partial charge in [0.05, 0.1) is 6.61 Å². The van der Waals surface area contributed by atoms with Gasteiger partial charge >= 0.3 is 0 Å². The summed E-state index contributed by atoms with van der Waals surface area (Å²) in [5.74, 6) is 5.29. The number of methoxy groups -OCH3 is 1. The molecule has 0 aromatic carbocycles. The van der Waals surface area contributed by atoms with E-state index < -0.39 is 0 Å². The van der Waals surface area contributed by atoms with E-state index in [4.69, 9.17) is 15.3 Å². The van der Waals surface area contributed by atoms with Crippen LogP contribution in [-0.4, -0.2) is 32.5 Å². The summed E-state index contributed by atoms with van der Waals surface area (Å²) in [6, 6.07) is 0. The van der Waals surface area contributed by atoms with Crippen LogP contribution >= 0.6 is 0 Å². The molecule has 1 atom stereocenters. The van der Waals surface area contributed by atoms with Crippen LogP contribution in [0.4, 0.5) is 0 Å². The number of nitrogens with two attached hydrogens (primary N) is 1. The van der Waals surface area contributed by atoms with Crippen molar-refractivity contribution in [2.45, 2.75) is 24.9 Å². The molecule has 1 heterocycles. The fourth-order valence-corrected chi connectivity index (χ4v) is 1.66. The first-order valence-electron chi connectivity index (χ1n) is 4.39. The predicted octanol–water partition coefficient (Wildman–Crippen LogP) is 0.0354. The van der Waals surface area contributed by atoms with E-state index in [1.165, 1.54) is 6.42 Å². The Morgan fingerprint density at radius 2 is 2.42 bits per heavy atom. The molecule has 0 radical (unpaired) electrons. The average molecular weight is 174 g/mol. The third-order valence-electron chi connectivity index (χ3n) is 2.27. The summed E-state index contributed by atoms with van der Waals surface area (Å²) in [6.07, 6.45) is 3.38.